The molecule has 0 fully saturated rings. The van der Waals surface area contributed by atoms with Gasteiger partial charge < -0.3 is 15.1 Å². The Balaban J connectivity index is 1.49. The standard InChI is InChI=1S/C30H34ClN3O3/c1-4-25(29(36)32-18-20(2)3)34(19-22-10-5-6-14-24(22)31)27(35)16-9-17-33-26-15-8-12-21-11-7-13-23(28(21)26)30(33)37/h5-8,10-15,20,25H,4,9,16-19H2,1-3H3,(H,32,36)/t25-/m0/s1. The summed E-state index contributed by atoms with van der Waals surface area (Å²) in [6, 6.07) is 18.4. The highest BCUT2D eigenvalue weighted by Crippen LogP contribution is 2.37. The van der Waals surface area contributed by atoms with Gasteiger partial charge in [-0.25, -0.2) is 0 Å². The van der Waals surface area contributed by atoms with E-state index in [2.05, 4.69) is 5.32 Å². The molecule has 6 nitrogen and oxygen atoms in total. The fraction of sp³-hybridized carbons (Fsp3) is 0.367. The Morgan fingerprint density at radius 1 is 1.03 bits per heavy atom. The Hall–Kier alpha value is -3.38. The first-order chi connectivity index (χ1) is 17.8. The molecular weight excluding hydrogens is 486 g/mol. The van der Waals surface area contributed by atoms with Crippen LogP contribution in [0.5, 0.6) is 0 Å². The molecule has 1 aliphatic heterocycles. The molecule has 0 saturated heterocycles. The van der Waals surface area contributed by atoms with Crippen LogP contribution in [-0.2, 0) is 16.1 Å². The van der Waals surface area contributed by atoms with E-state index in [0.29, 0.717) is 42.4 Å². The largest absolute Gasteiger partial charge is 0.354 e. The summed E-state index contributed by atoms with van der Waals surface area (Å²) < 4.78 is 0. The molecular formula is C30H34ClN3O3. The lowest BCUT2D eigenvalue weighted by Gasteiger charge is -2.31. The van der Waals surface area contributed by atoms with Crippen molar-refractivity contribution in [1.29, 1.82) is 0 Å². The van der Waals surface area contributed by atoms with Crippen molar-refractivity contribution in [3.8, 4) is 0 Å². The number of hydrogen-bond donors (Lipinski definition) is 1. The number of carbonyl (C=O) groups is 3. The van der Waals surface area contributed by atoms with Crippen molar-refractivity contribution in [3.63, 3.8) is 0 Å². The van der Waals surface area contributed by atoms with E-state index in [4.69, 9.17) is 11.6 Å². The number of benzene rings is 3. The maximum absolute atomic E-state index is 13.6. The third kappa shape index (κ3) is 5.80. The van der Waals surface area contributed by atoms with Crippen LogP contribution in [0.2, 0.25) is 5.02 Å². The maximum Gasteiger partial charge on any atom is 0.258 e. The minimum atomic E-state index is -0.603. The fourth-order valence-electron chi connectivity index (χ4n) is 4.89. The summed E-state index contributed by atoms with van der Waals surface area (Å²) in [7, 11) is 0. The SMILES string of the molecule is CC[C@@H](C(=O)NCC(C)C)N(Cc1ccccc1Cl)C(=O)CCCN1C(=O)c2cccc3cccc1c23. The van der Waals surface area contributed by atoms with Gasteiger partial charge in [0.2, 0.25) is 11.8 Å². The van der Waals surface area contributed by atoms with E-state index < -0.39 is 6.04 Å². The smallest absolute Gasteiger partial charge is 0.258 e. The van der Waals surface area contributed by atoms with Gasteiger partial charge in [0.25, 0.3) is 5.91 Å². The lowest BCUT2D eigenvalue weighted by atomic mass is 10.1. The molecule has 1 aliphatic rings. The number of nitrogens with zero attached hydrogens (tertiary/aromatic N) is 2. The molecule has 3 amide bonds. The monoisotopic (exact) mass is 519 g/mol. The molecule has 0 unspecified atom stereocenters. The number of hydrogen-bond acceptors (Lipinski definition) is 3. The number of anilines is 1. The van der Waals surface area contributed by atoms with Gasteiger partial charge in [-0.3, -0.25) is 14.4 Å². The second-order valence-corrected chi connectivity index (χ2v) is 10.3. The Kier molecular flexibility index (Phi) is 8.49. The second-order valence-electron chi connectivity index (χ2n) is 9.92. The highest BCUT2D eigenvalue weighted by atomic mass is 35.5. The van der Waals surface area contributed by atoms with Crippen LogP contribution in [0.1, 0.15) is 56.0 Å². The molecule has 3 aromatic carbocycles. The van der Waals surface area contributed by atoms with E-state index in [1.165, 1.54) is 0 Å². The van der Waals surface area contributed by atoms with Crippen molar-refractivity contribution in [2.75, 3.05) is 18.0 Å². The summed E-state index contributed by atoms with van der Waals surface area (Å²) in [5.74, 6) is -0.0188. The summed E-state index contributed by atoms with van der Waals surface area (Å²) in [4.78, 5) is 43.1. The van der Waals surface area contributed by atoms with Crippen molar-refractivity contribution in [2.45, 2.75) is 52.6 Å². The number of nitrogens with one attached hydrogen (secondary N) is 1. The zero-order chi connectivity index (χ0) is 26.5. The van der Waals surface area contributed by atoms with E-state index in [1.807, 2.05) is 75.4 Å². The van der Waals surface area contributed by atoms with Gasteiger partial charge in [-0.1, -0.05) is 74.8 Å². The van der Waals surface area contributed by atoms with Crippen molar-refractivity contribution in [2.24, 2.45) is 5.92 Å². The fourth-order valence-corrected chi connectivity index (χ4v) is 5.08. The van der Waals surface area contributed by atoms with Crippen LogP contribution >= 0.6 is 11.6 Å². The molecule has 0 saturated carbocycles. The summed E-state index contributed by atoms with van der Waals surface area (Å²) in [5.41, 5.74) is 2.38. The molecule has 194 valence electrons. The number of amides is 3. The predicted molar refractivity (Wildman–Crippen MR) is 149 cm³/mol. The molecule has 1 atom stereocenters. The first-order valence-corrected chi connectivity index (χ1v) is 13.3. The molecule has 0 aromatic heterocycles. The van der Waals surface area contributed by atoms with Gasteiger partial charge >= 0.3 is 0 Å². The van der Waals surface area contributed by atoms with Crippen molar-refractivity contribution < 1.29 is 14.4 Å². The van der Waals surface area contributed by atoms with Gasteiger partial charge in [0.15, 0.2) is 0 Å². The van der Waals surface area contributed by atoms with Crippen LogP contribution in [-0.4, -0.2) is 41.8 Å². The summed E-state index contributed by atoms with van der Waals surface area (Å²) in [6.45, 7) is 7.20. The van der Waals surface area contributed by atoms with Crippen LogP contribution in [0.15, 0.2) is 60.7 Å². The van der Waals surface area contributed by atoms with Gasteiger partial charge in [-0.15, -0.1) is 0 Å². The average Bonchev–Trinajstić information content (AvgIpc) is 3.16. The van der Waals surface area contributed by atoms with Gasteiger partial charge in [-0.05, 0) is 47.9 Å². The zero-order valence-electron chi connectivity index (χ0n) is 21.7. The first kappa shape index (κ1) is 26.7. The first-order valence-electron chi connectivity index (χ1n) is 13.0. The molecule has 37 heavy (non-hydrogen) atoms. The topological polar surface area (TPSA) is 69.7 Å². The summed E-state index contributed by atoms with van der Waals surface area (Å²) in [5, 5.41) is 5.54. The molecule has 0 bridgehead atoms. The Labute approximate surface area is 223 Å². The quantitative estimate of drug-likeness (QED) is 0.347. The van der Waals surface area contributed by atoms with E-state index in [0.717, 1.165) is 22.0 Å². The molecule has 4 rings (SSSR count). The maximum atomic E-state index is 13.6. The third-order valence-electron chi connectivity index (χ3n) is 6.79. The molecule has 1 N–H and O–H groups in total. The van der Waals surface area contributed by atoms with Crippen LogP contribution in [0, 0.1) is 5.92 Å². The Morgan fingerprint density at radius 2 is 1.76 bits per heavy atom. The third-order valence-corrected chi connectivity index (χ3v) is 7.16. The lowest BCUT2D eigenvalue weighted by Crippen LogP contribution is -2.49. The van der Waals surface area contributed by atoms with Crippen LogP contribution in [0.4, 0.5) is 5.69 Å². The van der Waals surface area contributed by atoms with Gasteiger partial charge in [0.1, 0.15) is 6.04 Å². The highest BCUT2D eigenvalue weighted by molar-refractivity contribution is 6.31. The normalized spacial score (nSPS) is 13.3. The molecule has 1 heterocycles. The van der Waals surface area contributed by atoms with Gasteiger partial charge in [0.05, 0.1) is 5.69 Å². The van der Waals surface area contributed by atoms with Crippen LogP contribution in [0.25, 0.3) is 10.8 Å². The predicted octanol–water partition coefficient (Wildman–Crippen LogP) is 5.81. The lowest BCUT2D eigenvalue weighted by molar-refractivity contribution is -0.141. The summed E-state index contributed by atoms with van der Waals surface area (Å²) in [6.07, 6.45) is 1.19. The summed E-state index contributed by atoms with van der Waals surface area (Å²) >= 11 is 6.41. The van der Waals surface area contributed by atoms with Crippen LogP contribution < -0.4 is 10.2 Å². The molecule has 0 aliphatic carbocycles. The van der Waals surface area contributed by atoms with E-state index in [1.54, 1.807) is 15.9 Å². The number of rotatable bonds is 11. The van der Waals surface area contributed by atoms with Crippen molar-refractivity contribution >= 4 is 45.8 Å². The Morgan fingerprint density at radius 3 is 2.46 bits per heavy atom. The highest BCUT2D eigenvalue weighted by Gasteiger charge is 2.31. The van der Waals surface area contributed by atoms with Crippen molar-refractivity contribution in [3.05, 3.63) is 76.8 Å². The molecule has 0 radical (unpaired) electrons. The number of carbonyl (C=O) groups excluding carboxylic acids is 3. The number of halogens is 1. The van der Waals surface area contributed by atoms with Gasteiger partial charge in [0, 0.05) is 42.0 Å². The molecule has 3 aromatic rings. The minimum Gasteiger partial charge on any atom is -0.354 e. The molecule has 7 heteroatoms. The van der Waals surface area contributed by atoms with Crippen LogP contribution in [0.3, 0.4) is 0 Å². The molecule has 0 spiro atoms. The van der Waals surface area contributed by atoms with E-state index in [-0.39, 0.29) is 30.7 Å². The Bertz CT molecular complexity index is 1300. The van der Waals surface area contributed by atoms with Crippen molar-refractivity contribution in [1.82, 2.24) is 10.2 Å². The van der Waals surface area contributed by atoms with Gasteiger partial charge in [-0.2, -0.15) is 0 Å². The minimum absolute atomic E-state index is 0.0355. The zero-order valence-corrected chi connectivity index (χ0v) is 22.4. The van der Waals surface area contributed by atoms with E-state index >= 15 is 0 Å². The average molecular weight is 520 g/mol. The van der Waals surface area contributed by atoms with E-state index in [9.17, 15) is 14.4 Å². The second kappa shape index (κ2) is 11.8.